The number of amides is 1. The minimum Gasteiger partial charge on any atom is -0.497 e. The van der Waals surface area contributed by atoms with E-state index < -0.39 is 9.84 Å². The SMILES string of the molecule is COc1ccc(C(NCC(=O)N(C2CCCCC2)C2CCS(=O)(=O)C2)C2CC2)cc1. The molecule has 0 spiro atoms. The molecule has 2 saturated carbocycles. The quantitative estimate of drug-likeness (QED) is 0.681. The van der Waals surface area contributed by atoms with Gasteiger partial charge in [0, 0.05) is 18.1 Å². The van der Waals surface area contributed by atoms with Gasteiger partial charge in [-0.1, -0.05) is 31.4 Å². The highest BCUT2D eigenvalue weighted by molar-refractivity contribution is 7.91. The van der Waals surface area contributed by atoms with Crippen LogP contribution in [-0.2, 0) is 14.6 Å². The summed E-state index contributed by atoms with van der Waals surface area (Å²) >= 11 is 0. The predicted octanol–water partition coefficient (Wildman–Crippen LogP) is 3.08. The summed E-state index contributed by atoms with van der Waals surface area (Å²) in [6, 6.07) is 8.25. The Morgan fingerprint density at radius 3 is 2.33 bits per heavy atom. The molecular weight excluding hydrogens is 400 g/mol. The van der Waals surface area contributed by atoms with E-state index in [9.17, 15) is 13.2 Å². The largest absolute Gasteiger partial charge is 0.497 e. The van der Waals surface area contributed by atoms with E-state index in [0.717, 1.165) is 31.4 Å². The fourth-order valence-electron chi connectivity index (χ4n) is 5.15. The highest BCUT2D eigenvalue weighted by Crippen LogP contribution is 2.41. The molecule has 0 aromatic heterocycles. The van der Waals surface area contributed by atoms with Crippen LogP contribution in [0.2, 0.25) is 0 Å². The van der Waals surface area contributed by atoms with Crippen molar-refractivity contribution in [1.29, 1.82) is 0 Å². The van der Waals surface area contributed by atoms with Crippen LogP contribution in [0.3, 0.4) is 0 Å². The van der Waals surface area contributed by atoms with Crippen LogP contribution < -0.4 is 10.1 Å². The highest BCUT2D eigenvalue weighted by atomic mass is 32.2. The first-order chi connectivity index (χ1) is 14.5. The van der Waals surface area contributed by atoms with Gasteiger partial charge in [-0.15, -0.1) is 0 Å². The molecule has 1 aliphatic heterocycles. The fourth-order valence-corrected chi connectivity index (χ4v) is 6.86. The topological polar surface area (TPSA) is 75.7 Å². The Kier molecular flexibility index (Phi) is 6.68. The van der Waals surface area contributed by atoms with E-state index in [2.05, 4.69) is 17.4 Å². The van der Waals surface area contributed by atoms with Crippen molar-refractivity contribution in [1.82, 2.24) is 10.2 Å². The predicted molar refractivity (Wildman–Crippen MR) is 117 cm³/mol. The molecule has 1 N–H and O–H groups in total. The molecule has 6 nitrogen and oxygen atoms in total. The number of sulfone groups is 1. The molecule has 3 aliphatic rings. The molecule has 166 valence electrons. The number of hydrogen-bond acceptors (Lipinski definition) is 5. The maximum Gasteiger partial charge on any atom is 0.237 e. The number of benzene rings is 1. The number of methoxy groups -OCH3 is 1. The Labute approximate surface area is 180 Å². The van der Waals surface area contributed by atoms with E-state index in [1.54, 1.807) is 7.11 Å². The number of carbonyl (C=O) groups excluding carboxylic acids is 1. The summed E-state index contributed by atoms with van der Waals surface area (Å²) in [6.07, 6.45) is 8.36. The summed E-state index contributed by atoms with van der Waals surface area (Å²) in [5, 5.41) is 3.52. The molecule has 7 heteroatoms. The van der Waals surface area contributed by atoms with Crippen LogP contribution in [0.4, 0.5) is 0 Å². The van der Waals surface area contributed by atoms with Crippen LogP contribution >= 0.6 is 0 Å². The van der Waals surface area contributed by atoms with Crippen LogP contribution in [0.15, 0.2) is 24.3 Å². The van der Waals surface area contributed by atoms with E-state index in [-0.39, 0.29) is 42.1 Å². The van der Waals surface area contributed by atoms with Crippen LogP contribution in [0, 0.1) is 5.92 Å². The summed E-state index contributed by atoms with van der Waals surface area (Å²) < 4.78 is 29.4. The standard InChI is InChI=1S/C23H34N2O4S/c1-29-21-11-9-18(10-12-21)23(17-7-8-17)24-15-22(26)25(19-5-3-2-4-6-19)20-13-14-30(27,28)16-20/h9-12,17,19-20,23-24H,2-8,13-16H2,1H3. The number of nitrogens with zero attached hydrogens (tertiary/aromatic N) is 1. The summed E-state index contributed by atoms with van der Waals surface area (Å²) in [4.78, 5) is 15.3. The molecule has 1 aromatic carbocycles. The summed E-state index contributed by atoms with van der Waals surface area (Å²) in [5.41, 5.74) is 1.18. The summed E-state index contributed by atoms with van der Waals surface area (Å²) in [6.45, 7) is 0.264. The van der Waals surface area contributed by atoms with Gasteiger partial charge in [-0.05, 0) is 55.7 Å². The molecule has 4 rings (SSSR count). The van der Waals surface area contributed by atoms with Gasteiger partial charge in [0.2, 0.25) is 5.91 Å². The van der Waals surface area contributed by atoms with Crippen molar-refractivity contribution in [3.05, 3.63) is 29.8 Å². The lowest BCUT2D eigenvalue weighted by Crippen LogP contribution is -2.51. The number of rotatable bonds is 8. The van der Waals surface area contributed by atoms with Crippen LogP contribution in [-0.4, -0.2) is 56.5 Å². The monoisotopic (exact) mass is 434 g/mol. The van der Waals surface area contributed by atoms with Crippen molar-refractivity contribution in [2.24, 2.45) is 5.92 Å². The molecule has 2 atom stereocenters. The van der Waals surface area contributed by atoms with Crippen LogP contribution in [0.5, 0.6) is 5.75 Å². The third kappa shape index (κ3) is 5.17. The lowest BCUT2D eigenvalue weighted by molar-refractivity contribution is -0.135. The van der Waals surface area contributed by atoms with Crippen LogP contribution in [0.25, 0.3) is 0 Å². The molecule has 1 amide bonds. The third-order valence-electron chi connectivity index (χ3n) is 6.90. The number of ether oxygens (including phenoxy) is 1. The number of carbonyl (C=O) groups is 1. The highest BCUT2D eigenvalue weighted by Gasteiger charge is 2.39. The average molecular weight is 435 g/mol. The van der Waals surface area contributed by atoms with E-state index in [1.165, 1.54) is 24.8 Å². The van der Waals surface area contributed by atoms with Crippen molar-refractivity contribution < 1.29 is 17.9 Å². The molecule has 2 aliphatic carbocycles. The molecular formula is C23H34N2O4S. The van der Waals surface area contributed by atoms with Gasteiger partial charge in [-0.2, -0.15) is 0 Å². The molecule has 1 heterocycles. The first kappa shape index (κ1) is 21.6. The van der Waals surface area contributed by atoms with Crippen LogP contribution in [0.1, 0.15) is 63.0 Å². The van der Waals surface area contributed by atoms with Gasteiger partial charge in [0.1, 0.15) is 5.75 Å². The van der Waals surface area contributed by atoms with Gasteiger partial charge in [0.15, 0.2) is 9.84 Å². The smallest absolute Gasteiger partial charge is 0.237 e. The first-order valence-corrected chi connectivity index (χ1v) is 13.2. The zero-order valence-corrected chi connectivity index (χ0v) is 18.7. The Bertz CT molecular complexity index is 829. The van der Waals surface area contributed by atoms with Crippen molar-refractivity contribution >= 4 is 15.7 Å². The number of hydrogen-bond donors (Lipinski definition) is 1. The molecule has 1 aromatic rings. The zero-order chi connectivity index (χ0) is 21.1. The Hall–Kier alpha value is -1.60. The Morgan fingerprint density at radius 1 is 1.07 bits per heavy atom. The van der Waals surface area contributed by atoms with Gasteiger partial charge in [0.25, 0.3) is 0 Å². The van der Waals surface area contributed by atoms with Crippen molar-refractivity contribution in [3.8, 4) is 5.75 Å². The van der Waals surface area contributed by atoms with Crippen molar-refractivity contribution in [2.75, 3.05) is 25.2 Å². The molecule has 1 saturated heterocycles. The lowest BCUT2D eigenvalue weighted by atomic mass is 9.92. The van der Waals surface area contributed by atoms with E-state index in [4.69, 9.17) is 4.74 Å². The van der Waals surface area contributed by atoms with Gasteiger partial charge in [0.05, 0.1) is 25.2 Å². The van der Waals surface area contributed by atoms with Gasteiger partial charge in [-0.25, -0.2) is 8.42 Å². The molecule has 0 radical (unpaired) electrons. The Morgan fingerprint density at radius 2 is 1.77 bits per heavy atom. The minimum absolute atomic E-state index is 0.0585. The Balaban J connectivity index is 1.45. The second kappa shape index (κ2) is 9.27. The van der Waals surface area contributed by atoms with Gasteiger partial charge >= 0.3 is 0 Å². The lowest BCUT2D eigenvalue weighted by Gasteiger charge is -2.38. The molecule has 0 bridgehead atoms. The molecule has 2 unspecified atom stereocenters. The fraction of sp³-hybridized carbons (Fsp3) is 0.696. The van der Waals surface area contributed by atoms with Crippen molar-refractivity contribution in [3.63, 3.8) is 0 Å². The summed E-state index contributed by atoms with van der Waals surface area (Å²) in [5.74, 6) is 1.78. The van der Waals surface area contributed by atoms with Gasteiger partial charge in [-0.3, -0.25) is 4.79 Å². The second-order valence-corrected chi connectivity index (χ2v) is 11.3. The van der Waals surface area contributed by atoms with E-state index >= 15 is 0 Å². The van der Waals surface area contributed by atoms with E-state index in [0.29, 0.717) is 12.3 Å². The van der Waals surface area contributed by atoms with Crippen molar-refractivity contribution in [2.45, 2.75) is 69.5 Å². The summed E-state index contributed by atoms with van der Waals surface area (Å²) in [7, 11) is -1.36. The molecule has 30 heavy (non-hydrogen) atoms. The minimum atomic E-state index is -3.02. The zero-order valence-electron chi connectivity index (χ0n) is 17.9. The second-order valence-electron chi connectivity index (χ2n) is 9.12. The normalized spacial score (nSPS) is 25.0. The number of nitrogens with one attached hydrogen (secondary N) is 1. The first-order valence-electron chi connectivity index (χ1n) is 11.4. The maximum absolute atomic E-state index is 13.4. The van der Waals surface area contributed by atoms with Gasteiger partial charge < -0.3 is 15.0 Å². The third-order valence-corrected chi connectivity index (χ3v) is 8.65. The van der Waals surface area contributed by atoms with E-state index in [1.807, 2.05) is 17.0 Å². The maximum atomic E-state index is 13.4. The molecule has 3 fully saturated rings. The average Bonchev–Trinajstić information content (AvgIpc) is 3.52.